The Balaban J connectivity index is 2.35. The van der Waals surface area contributed by atoms with Gasteiger partial charge in [0, 0.05) is 11.9 Å². The number of amides is 2. The topological polar surface area (TPSA) is 105 Å². The normalized spacial score (nSPS) is 11.8. The molecule has 1 aromatic rings. The van der Waals surface area contributed by atoms with Crippen molar-refractivity contribution in [2.45, 2.75) is 12.5 Å². The molecule has 0 fully saturated rings. The molecule has 2 amide bonds. The smallest absolute Gasteiger partial charge is 0.248 e. The van der Waals surface area contributed by atoms with Crippen LogP contribution in [0, 0.1) is 0 Å². The predicted octanol–water partition coefficient (Wildman–Crippen LogP) is -1.41. The molecular formula is C10H13N3O3. The zero-order valence-corrected chi connectivity index (χ0v) is 8.59. The number of hydrogen-bond acceptors (Lipinski definition) is 4. The largest absolute Gasteiger partial charge is 0.381 e. The van der Waals surface area contributed by atoms with Gasteiger partial charge in [-0.15, -0.1) is 0 Å². The van der Waals surface area contributed by atoms with Gasteiger partial charge in [-0.25, -0.2) is 0 Å². The molecule has 1 atom stereocenters. The predicted molar refractivity (Wildman–Crippen MR) is 56.2 cm³/mol. The highest BCUT2D eigenvalue weighted by molar-refractivity contribution is 5.81. The zero-order chi connectivity index (χ0) is 12.0. The molecule has 6 heteroatoms. The third-order valence-corrected chi connectivity index (χ3v) is 1.89. The van der Waals surface area contributed by atoms with Gasteiger partial charge >= 0.3 is 0 Å². The summed E-state index contributed by atoms with van der Waals surface area (Å²) in [5, 5.41) is 11.4. The van der Waals surface area contributed by atoms with Gasteiger partial charge in [0.2, 0.25) is 11.8 Å². The van der Waals surface area contributed by atoms with Crippen molar-refractivity contribution in [3.63, 3.8) is 0 Å². The third-order valence-electron chi connectivity index (χ3n) is 1.89. The summed E-state index contributed by atoms with van der Waals surface area (Å²) in [4.78, 5) is 25.8. The number of aromatic nitrogens is 1. The molecule has 1 heterocycles. The van der Waals surface area contributed by atoms with Crippen molar-refractivity contribution in [1.82, 2.24) is 10.3 Å². The SMILES string of the molecule is NC(=O)C(O)CNC(=O)Cc1ccccn1. The average molecular weight is 223 g/mol. The maximum atomic E-state index is 11.3. The van der Waals surface area contributed by atoms with Gasteiger partial charge in [0.05, 0.1) is 13.0 Å². The van der Waals surface area contributed by atoms with Crippen molar-refractivity contribution in [2.75, 3.05) is 6.54 Å². The molecule has 0 radical (unpaired) electrons. The van der Waals surface area contributed by atoms with Crippen LogP contribution in [-0.4, -0.2) is 34.6 Å². The lowest BCUT2D eigenvalue weighted by molar-refractivity contribution is -0.126. The highest BCUT2D eigenvalue weighted by atomic mass is 16.3. The summed E-state index contributed by atoms with van der Waals surface area (Å²) < 4.78 is 0. The molecule has 1 rings (SSSR count). The highest BCUT2D eigenvalue weighted by Gasteiger charge is 2.12. The molecule has 0 aliphatic carbocycles. The Hall–Kier alpha value is -1.95. The van der Waals surface area contributed by atoms with Crippen LogP contribution in [0.15, 0.2) is 24.4 Å². The second-order valence-electron chi connectivity index (χ2n) is 3.22. The van der Waals surface area contributed by atoms with Crippen molar-refractivity contribution >= 4 is 11.8 Å². The Morgan fingerprint density at radius 2 is 2.25 bits per heavy atom. The fraction of sp³-hybridized carbons (Fsp3) is 0.300. The molecule has 0 bridgehead atoms. The van der Waals surface area contributed by atoms with Gasteiger partial charge in [-0.1, -0.05) is 6.07 Å². The van der Waals surface area contributed by atoms with E-state index in [1.807, 2.05) is 0 Å². The number of carbonyl (C=O) groups excluding carboxylic acids is 2. The van der Waals surface area contributed by atoms with Gasteiger partial charge in [0.15, 0.2) is 0 Å². The Kier molecular flexibility index (Phi) is 4.41. The second kappa shape index (κ2) is 5.82. The van der Waals surface area contributed by atoms with Crippen molar-refractivity contribution in [3.8, 4) is 0 Å². The van der Waals surface area contributed by atoms with Gasteiger partial charge < -0.3 is 16.2 Å². The zero-order valence-electron chi connectivity index (χ0n) is 8.59. The van der Waals surface area contributed by atoms with Crippen LogP contribution in [0.25, 0.3) is 0 Å². The van der Waals surface area contributed by atoms with Crippen LogP contribution < -0.4 is 11.1 Å². The van der Waals surface area contributed by atoms with Crippen LogP contribution in [0.4, 0.5) is 0 Å². The van der Waals surface area contributed by atoms with Gasteiger partial charge in [-0.3, -0.25) is 14.6 Å². The van der Waals surface area contributed by atoms with E-state index in [9.17, 15) is 9.59 Å². The molecule has 1 unspecified atom stereocenters. The first-order valence-corrected chi connectivity index (χ1v) is 4.73. The summed E-state index contributed by atoms with van der Waals surface area (Å²) >= 11 is 0. The molecule has 86 valence electrons. The monoisotopic (exact) mass is 223 g/mol. The van der Waals surface area contributed by atoms with E-state index in [2.05, 4.69) is 10.3 Å². The van der Waals surface area contributed by atoms with Crippen LogP contribution in [0.5, 0.6) is 0 Å². The van der Waals surface area contributed by atoms with E-state index in [0.717, 1.165) is 0 Å². The minimum atomic E-state index is -1.35. The summed E-state index contributed by atoms with van der Waals surface area (Å²) in [7, 11) is 0. The van der Waals surface area contributed by atoms with E-state index in [1.54, 1.807) is 24.4 Å². The fourth-order valence-corrected chi connectivity index (χ4v) is 1.04. The number of primary amides is 1. The van der Waals surface area contributed by atoms with Crippen LogP contribution in [0.3, 0.4) is 0 Å². The lowest BCUT2D eigenvalue weighted by Crippen LogP contribution is -2.40. The molecular weight excluding hydrogens is 210 g/mol. The van der Waals surface area contributed by atoms with Crippen molar-refractivity contribution in [3.05, 3.63) is 30.1 Å². The van der Waals surface area contributed by atoms with Gasteiger partial charge in [0.25, 0.3) is 0 Å². The molecule has 1 aromatic heterocycles. The minimum Gasteiger partial charge on any atom is -0.381 e. The number of nitrogens with one attached hydrogen (secondary N) is 1. The van der Waals surface area contributed by atoms with Crippen LogP contribution >= 0.6 is 0 Å². The number of aliphatic hydroxyl groups excluding tert-OH is 1. The first-order chi connectivity index (χ1) is 7.59. The molecule has 0 aliphatic rings. The summed E-state index contributed by atoms with van der Waals surface area (Å²) in [6.07, 6.45) is 0.334. The number of carbonyl (C=O) groups is 2. The van der Waals surface area contributed by atoms with E-state index >= 15 is 0 Å². The first kappa shape index (κ1) is 12.1. The Bertz CT molecular complexity index is 367. The first-order valence-electron chi connectivity index (χ1n) is 4.73. The number of hydrogen-bond donors (Lipinski definition) is 3. The number of aliphatic hydroxyl groups is 1. The van der Waals surface area contributed by atoms with Crippen molar-refractivity contribution in [2.24, 2.45) is 5.73 Å². The number of nitrogens with two attached hydrogens (primary N) is 1. The number of nitrogens with zero attached hydrogens (tertiary/aromatic N) is 1. The third kappa shape index (κ3) is 4.05. The summed E-state index contributed by atoms with van der Waals surface area (Å²) in [5.74, 6) is -1.18. The van der Waals surface area contributed by atoms with E-state index in [4.69, 9.17) is 10.8 Å². The quantitative estimate of drug-likeness (QED) is 0.570. The molecule has 6 nitrogen and oxygen atoms in total. The standard InChI is InChI=1S/C10H13N3O3/c11-10(16)8(14)6-13-9(15)5-7-3-1-2-4-12-7/h1-4,8,14H,5-6H2,(H2,11,16)(H,13,15). The fourth-order valence-electron chi connectivity index (χ4n) is 1.04. The minimum absolute atomic E-state index is 0.103. The van der Waals surface area contributed by atoms with E-state index in [0.29, 0.717) is 5.69 Å². The van der Waals surface area contributed by atoms with Crippen molar-refractivity contribution < 1.29 is 14.7 Å². The molecule has 0 saturated carbocycles. The lowest BCUT2D eigenvalue weighted by Gasteiger charge is -2.07. The molecule has 4 N–H and O–H groups in total. The Morgan fingerprint density at radius 3 is 2.81 bits per heavy atom. The van der Waals surface area contributed by atoms with Crippen LogP contribution in [-0.2, 0) is 16.0 Å². The van der Waals surface area contributed by atoms with Gasteiger partial charge in [0.1, 0.15) is 6.10 Å². The maximum absolute atomic E-state index is 11.3. The number of pyridine rings is 1. The molecule has 0 aromatic carbocycles. The van der Waals surface area contributed by atoms with E-state index in [-0.39, 0.29) is 18.9 Å². The van der Waals surface area contributed by atoms with E-state index in [1.165, 1.54) is 0 Å². The molecule has 0 saturated heterocycles. The molecule has 0 aliphatic heterocycles. The highest BCUT2D eigenvalue weighted by Crippen LogP contribution is 1.94. The Labute approximate surface area is 92.5 Å². The lowest BCUT2D eigenvalue weighted by atomic mass is 10.2. The molecule has 0 spiro atoms. The molecule has 16 heavy (non-hydrogen) atoms. The summed E-state index contributed by atoms with van der Waals surface area (Å²) in [6, 6.07) is 5.23. The van der Waals surface area contributed by atoms with Crippen molar-refractivity contribution in [1.29, 1.82) is 0 Å². The van der Waals surface area contributed by atoms with Gasteiger partial charge in [-0.05, 0) is 12.1 Å². The Morgan fingerprint density at radius 1 is 1.50 bits per heavy atom. The summed E-state index contributed by atoms with van der Waals surface area (Å²) in [6.45, 7) is -0.180. The maximum Gasteiger partial charge on any atom is 0.248 e. The van der Waals surface area contributed by atoms with Crippen LogP contribution in [0.1, 0.15) is 5.69 Å². The second-order valence-corrected chi connectivity index (χ2v) is 3.22. The van der Waals surface area contributed by atoms with Crippen LogP contribution in [0.2, 0.25) is 0 Å². The summed E-state index contributed by atoms with van der Waals surface area (Å²) in [5.41, 5.74) is 5.44. The number of rotatable bonds is 5. The van der Waals surface area contributed by atoms with E-state index < -0.39 is 12.0 Å². The average Bonchev–Trinajstić information content (AvgIpc) is 2.27. The van der Waals surface area contributed by atoms with Gasteiger partial charge in [-0.2, -0.15) is 0 Å².